The Morgan fingerprint density at radius 1 is 1.00 bits per heavy atom. The maximum Gasteiger partial charge on any atom is 0.258 e. The Labute approximate surface area is 156 Å². The number of amides is 1. The van der Waals surface area contributed by atoms with Crippen molar-refractivity contribution in [2.45, 2.75) is 62.3 Å². The normalized spacial score (nSPS) is 19.8. The van der Waals surface area contributed by atoms with Gasteiger partial charge in [0.05, 0.1) is 4.90 Å². The second-order valence-corrected chi connectivity index (χ2v) is 9.07. The first-order valence-electron chi connectivity index (χ1n) is 9.58. The van der Waals surface area contributed by atoms with E-state index >= 15 is 0 Å². The van der Waals surface area contributed by atoms with E-state index in [9.17, 15) is 13.2 Å². The first kappa shape index (κ1) is 19.2. The zero-order chi connectivity index (χ0) is 18.4. The maximum atomic E-state index is 12.7. The van der Waals surface area contributed by atoms with Crippen LogP contribution in [0.4, 0.5) is 0 Å². The lowest BCUT2D eigenvalue weighted by molar-refractivity contribution is -0.123. The van der Waals surface area contributed by atoms with Crippen LogP contribution in [-0.4, -0.2) is 44.4 Å². The Hall–Kier alpha value is -1.60. The SMILES string of the molecule is O=C(COc1ccc(S(=O)(=O)N2CCCCCC2)cc1)NC1CCCC1. The molecule has 1 aromatic carbocycles. The van der Waals surface area contributed by atoms with Crippen LogP contribution in [0.2, 0.25) is 0 Å². The van der Waals surface area contributed by atoms with Gasteiger partial charge in [0.25, 0.3) is 5.91 Å². The van der Waals surface area contributed by atoms with Gasteiger partial charge in [-0.15, -0.1) is 0 Å². The summed E-state index contributed by atoms with van der Waals surface area (Å²) in [5.74, 6) is 0.375. The molecule has 0 radical (unpaired) electrons. The van der Waals surface area contributed by atoms with Crippen molar-refractivity contribution in [2.24, 2.45) is 0 Å². The van der Waals surface area contributed by atoms with Crippen LogP contribution in [0.15, 0.2) is 29.2 Å². The molecule has 7 heteroatoms. The van der Waals surface area contributed by atoms with Crippen LogP contribution in [-0.2, 0) is 14.8 Å². The van der Waals surface area contributed by atoms with Crippen molar-refractivity contribution in [1.82, 2.24) is 9.62 Å². The molecule has 0 bridgehead atoms. The summed E-state index contributed by atoms with van der Waals surface area (Å²) >= 11 is 0. The Kier molecular flexibility index (Phi) is 6.53. The van der Waals surface area contributed by atoms with Crippen LogP contribution in [0, 0.1) is 0 Å². The molecule has 1 aromatic rings. The Morgan fingerprint density at radius 3 is 2.23 bits per heavy atom. The lowest BCUT2D eigenvalue weighted by Crippen LogP contribution is -2.36. The molecule has 6 nitrogen and oxygen atoms in total. The van der Waals surface area contributed by atoms with Gasteiger partial charge in [0.15, 0.2) is 6.61 Å². The molecule has 1 aliphatic heterocycles. The summed E-state index contributed by atoms with van der Waals surface area (Å²) in [7, 11) is -3.45. The lowest BCUT2D eigenvalue weighted by atomic mass is 10.2. The van der Waals surface area contributed by atoms with E-state index in [1.54, 1.807) is 28.6 Å². The first-order chi connectivity index (χ1) is 12.6. The molecule has 0 spiro atoms. The minimum atomic E-state index is -3.45. The number of sulfonamides is 1. The van der Waals surface area contributed by atoms with Gasteiger partial charge in [-0.1, -0.05) is 25.7 Å². The zero-order valence-electron chi connectivity index (χ0n) is 15.2. The van der Waals surface area contributed by atoms with Gasteiger partial charge in [-0.2, -0.15) is 4.31 Å². The van der Waals surface area contributed by atoms with Gasteiger partial charge in [-0.05, 0) is 49.9 Å². The van der Waals surface area contributed by atoms with Crippen molar-refractivity contribution in [3.05, 3.63) is 24.3 Å². The molecule has 144 valence electrons. The summed E-state index contributed by atoms with van der Waals surface area (Å²) in [6, 6.07) is 6.63. The van der Waals surface area contributed by atoms with E-state index in [0.29, 0.717) is 18.8 Å². The quantitative estimate of drug-likeness (QED) is 0.823. The number of hydrogen-bond donors (Lipinski definition) is 1. The van der Waals surface area contributed by atoms with Crippen LogP contribution in [0.3, 0.4) is 0 Å². The van der Waals surface area contributed by atoms with Crippen molar-refractivity contribution >= 4 is 15.9 Å². The first-order valence-corrected chi connectivity index (χ1v) is 11.0. The number of carbonyl (C=O) groups is 1. The number of nitrogens with zero attached hydrogens (tertiary/aromatic N) is 1. The second-order valence-electron chi connectivity index (χ2n) is 7.13. The van der Waals surface area contributed by atoms with Crippen molar-refractivity contribution in [3.63, 3.8) is 0 Å². The highest BCUT2D eigenvalue weighted by Gasteiger charge is 2.25. The van der Waals surface area contributed by atoms with Crippen molar-refractivity contribution in [1.29, 1.82) is 0 Å². The van der Waals surface area contributed by atoms with Gasteiger partial charge in [-0.25, -0.2) is 8.42 Å². The summed E-state index contributed by atoms with van der Waals surface area (Å²) in [5, 5.41) is 2.97. The highest BCUT2D eigenvalue weighted by molar-refractivity contribution is 7.89. The fourth-order valence-corrected chi connectivity index (χ4v) is 5.14. The fraction of sp³-hybridized carbons (Fsp3) is 0.632. The van der Waals surface area contributed by atoms with Crippen LogP contribution >= 0.6 is 0 Å². The number of benzene rings is 1. The summed E-state index contributed by atoms with van der Waals surface area (Å²) < 4.78 is 32.5. The maximum absolute atomic E-state index is 12.7. The third-order valence-corrected chi connectivity index (χ3v) is 7.03. The Bertz CT molecular complexity index is 689. The molecule has 0 aromatic heterocycles. The zero-order valence-corrected chi connectivity index (χ0v) is 16.0. The molecule has 1 N–H and O–H groups in total. The monoisotopic (exact) mass is 380 g/mol. The molecular weight excluding hydrogens is 352 g/mol. The summed E-state index contributed by atoms with van der Waals surface area (Å²) in [4.78, 5) is 12.2. The van der Waals surface area contributed by atoms with E-state index in [4.69, 9.17) is 4.74 Å². The highest BCUT2D eigenvalue weighted by Crippen LogP contribution is 2.22. The Balaban J connectivity index is 1.54. The molecule has 26 heavy (non-hydrogen) atoms. The molecule has 1 saturated carbocycles. The average molecular weight is 381 g/mol. The molecule has 1 amide bonds. The van der Waals surface area contributed by atoms with E-state index < -0.39 is 10.0 Å². The Morgan fingerprint density at radius 2 is 1.62 bits per heavy atom. The van der Waals surface area contributed by atoms with E-state index in [2.05, 4.69) is 5.32 Å². The molecule has 2 fully saturated rings. The predicted molar refractivity (Wildman–Crippen MR) is 99.6 cm³/mol. The van der Waals surface area contributed by atoms with Crippen LogP contribution in [0.25, 0.3) is 0 Å². The topological polar surface area (TPSA) is 75.7 Å². The van der Waals surface area contributed by atoms with E-state index in [1.807, 2.05) is 0 Å². The largest absolute Gasteiger partial charge is 0.484 e. The highest BCUT2D eigenvalue weighted by atomic mass is 32.2. The van der Waals surface area contributed by atoms with E-state index in [1.165, 1.54) is 12.8 Å². The summed E-state index contributed by atoms with van der Waals surface area (Å²) in [6.07, 6.45) is 8.40. The lowest BCUT2D eigenvalue weighted by Gasteiger charge is -2.20. The second kappa shape index (κ2) is 8.86. The van der Waals surface area contributed by atoms with Crippen molar-refractivity contribution in [2.75, 3.05) is 19.7 Å². The molecule has 3 rings (SSSR count). The average Bonchev–Trinajstić information content (AvgIpc) is 2.98. The van der Waals surface area contributed by atoms with Crippen molar-refractivity contribution < 1.29 is 17.9 Å². The third-order valence-electron chi connectivity index (χ3n) is 5.12. The fourth-order valence-electron chi connectivity index (χ4n) is 3.63. The minimum Gasteiger partial charge on any atom is -0.484 e. The third kappa shape index (κ3) is 4.98. The van der Waals surface area contributed by atoms with Crippen LogP contribution in [0.1, 0.15) is 51.4 Å². The van der Waals surface area contributed by atoms with Gasteiger partial charge in [-0.3, -0.25) is 4.79 Å². The van der Waals surface area contributed by atoms with Gasteiger partial charge in [0.1, 0.15) is 5.75 Å². The summed E-state index contributed by atoms with van der Waals surface area (Å²) in [6.45, 7) is 1.12. The molecule has 0 atom stereocenters. The van der Waals surface area contributed by atoms with Crippen LogP contribution in [0.5, 0.6) is 5.75 Å². The molecule has 1 heterocycles. The van der Waals surface area contributed by atoms with Gasteiger partial charge >= 0.3 is 0 Å². The van der Waals surface area contributed by atoms with Crippen molar-refractivity contribution in [3.8, 4) is 5.75 Å². The minimum absolute atomic E-state index is 0.0469. The smallest absolute Gasteiger partial charge is 0.258 e. The standard InChI is InChI=1S/C19H28N2O4S/c22-19(20-16-7-3-4-8-16)15-25-17-9-11-18(12-10-17)26(23,24)21-13-5-1-2-6-14-21/h9-12,16H,1-8,13-15H2,(H,20,22). The number of ether oxygens (including phenoxy) is 1. The molecule has 2 aliphatic rings. The van der Waals surface area contributed by atoms with Gasteiger partial charge in [0.2, 0.25) is 10.0 Å². The molecule has 0 unspecified atom stereocenters. The predicted octanol–water partition coefficient (Wildman–Crippen LogP) is 2.69. The van der Waals surface area contributed by atoms with E-state index in [-0.39, 0.29) is 23.5 Å². The van der Waals surface area contributed by atoms with Gasteiger partial charge < -0.3 is 10.1 Å². The number of rotatable bonds is 6. The molecular formula is C19H28N2O4S. The number of hydrogen-bond acceptors (Lipinski definition) is 4. The number of carbonyl (C=O) groups excluding carboxylic acids is 1. The van der Waals surface area contributed by atoms with E-state index in [0.717, 1.165) is 38.5 Å². The molecule has 1 saturated heterocycles. The van der Waals surface area contributed by atoms with Crippen LogP contribution < -0.4 is 10.1 Å². The number of nitrogens with one attached hydrogen (secondary N) is 1. The molecule has 1 aliphatic carbocycles. The summed E-state index contributed by atoms with van der Waals surface area (Å²) in [5.41, 5.74) is 0. The van der Waals surface area contributed by atoms with Gasteiger partial charge in [0, 0.05) is 19.1 Å².